The standard InChI is InChI=1S/C19H26N2/c1-4-17(20)14-16-11-12-19(13-15(16)3)21(5-2)18-9-7-6-8-10-18/h6-13,17H,4-5,14,20H2,1-3H3. The Morgan fingerprint density at radius 2 is 1.71 bits per heavy atom. The van der Waals surface area contributed by atoms with Crippen molar-refractivity contribution in [3.8, 4) is 0 Å². The first-order valence-corrected chi connectivity index (χ1v) is 7.83. The van der Waals surface area contributed by atoms with Crippen LogP contribution in [0, 0.1) is 6.92 Å². The molecule has 0 saturated heterocycles. The third kappa shape index (κ3) is 3.85. The summed E-state index contributed by atoms with van der Waals surface area (Å²) >= 11 is 0. The van der Waals surface area contributed by atoms with Gasteiger partial charge in [-0.05, 0) is 62.1 Å². The quantitative estimate of drug-likeness (QED) is 0.849. The lowest BCUT2D eigenvalue weighted by Gasteiger charge is -2.24. The second-order valence-corrected chi connectivity index (χ2v) is 5.56. The van der Waals surface area contributed by atoms with E-state index in [1.54, 1.807) is 0 Å². The number of hydrogen-bond donors (Lipinski definition) is 1. The van der Waals surface area contributed by atoms with Crippen molar-refractivity contribution in [2.75, 3.05) is 11.4 Å². The maximum Gasteiger partial charge on any atom is 0.0413 e. The summed E-state index contributed by atoms with van der Waals surface area (Å²) in [4.78, 5) is 2.33. The molecule has 0 fully saturated rings. The van der Waals surface area contributed by atoms with E-state index in [0.717, 1.165) is 19.4 Å². The van der Waals surface area contributed by atoms with Crippen LogP contribution in [0.5, 0.6) is 0 Å². The average molecular weight is 282 g/mol. The summed E-state index contributed by atoms with van der Waals surface area (Å²) in [6.45, 7) is 7.46. The lowest BCUT2D eigenvalue weighted by atomic mass is 9.99. The molecule has 2 rings (SSSR count). The molecule has 0 radical (unpaired) electrons. The molecular weight excluding hydrogens is 256 g/mol. The van der Waals surface area contributed by atoms with Gasteiger partial charge in [0.2, 0.25) is 0 Å². The van der Waals surface area contributed by atoms with Crippen LogP contribution in [0.15, 0.2) is 48.5 Å². The molecule has 2 heteroatoms. The summed E-state index contributed by atoms with van der Waals surface area (Å²) in [7, 11) is 0. The molecule has 2 aromatic rings. The molecule has 0 aliphatic heterocycles. The van der Waals surface area contributed by atoms with Gasteiger partial charge in [-0.25, -0.2) is 0 Å². The third-order valence-electron chi connectivity index (χ3n) is 4.03. The molecule has 0 aromatic heterocycles. The van der Waals surface area contributed by atoms with Gasteiger partial charge in [0.05, 0.1) is 0 Å². The van der Waals surface area contributed by atoms with E-state index in [0.29, 0.717) is 0 Å². The second-order valence-electron chi connectivity index (χ2n) is 5.56. The van der Waals surface area contributed by atoms with Crippen LogP contribution in [-0.2, 0) is 6.42 Å². The summed E-state index contributed by atoms with van der Waals surface area (Å²) in [5.41, 5.74) is 11.2. The van der Waals surface area contributed by atoms with E-state index in [1.807, 2.05) is 0 Å². The number of hydrogen-bond acceptors (Lipinski definition) is 2. The zero-order valence-electron chi connectivity index (χ0n) is 13.3. The van der Waals surface area contributed by atoms with E-state index in [2.05, 4.69) is 74.2 Å². The molecule has 0 aliphatic rings. The van der Waals surface area contributed by atoms with Gasteiger partial charge < -0.3 is 10.6 Å². The van der Waals surface area contributed by atoms with Crippen molar-refractivity contribution in [1.29, 1.82) is 0 Å². The Labute approximate surface area is 128 Å². The van der Waals surface area contributed by atoms with Gasteiger partial charge in [0.15, 0.2) is 0 Å². The smallest absolute Gasteiger partial charge is 0.0413 e. The summed E-state index contributed by atoms with van der Waals surface area (Å²) in [6, 6.07) is 17.5. The highest BCUT2D eigenvalue weighted by atomic mass is 15.1. The van der Waals surface area contributed by atoms with Gasteiger partial charge in [0.25, 0.3) is 0 Å². The minimum atomic E-state index is 0.256. The predicted octanol–water partition coefficient (Wildman–Crippen LogP) is 4.43. The van der Waals surface area contributed by atoms with E-state index < -0.39 is 0 Å². The number of aryl methyl sites for hydroxylation is 1. The first-order chi connectivity index (χ1) is 10.2. The average Bonchev–Trinajstić information content (AvgIpc) is 2.51. The molecule has 2 nitrogen and oxygen atoms in total. The predicted molar refractivity (Wildman–Crippen MR) is 92.3 cm³/mol. The molecule has 2 N–H and O–H groups in total. The van der Waals surface area contributed by atoms with Crippen LogP contribution in [0.4, 0.5) is 11.4 Å². The van der Waals surface area contributed by atoms with Crippen molar-refractivity contribution >= 4 is 11.4 Å². The highest BCUT2D eigenvalue weighted by molar-refractivity contribution is 5.64. The van der Waals surface area contributed by atoms with E-state index in [4.69, 9.17) is 5.73 Å². The largest absolute Gasteiger partial charge is 0.342 e. The number of nitrogens with zero attached hydrogens (tertiary/aromatic N) is 1. The Morgan fingerprint density at radius 3 is 2.29 bits per heavy atom. The molecule has 0 bridgehead atoms. The van der Waals surface area contributed by atoms with Crippen molar-refractivity contribution < 1.29 is 0 Å². The van der Waals surface area contributed by atoms with Gasteiger partial charge >= 0.3 is 0 Å². The topological polar surface area (TPSA) is 29.3 Å². The van der Waals surface area contributed by atoms with Crippen LogP contribution in [0.25, 0.3) is 0 Å². The monoisotopic (exact) mass is 282 g/mol. The van der Waals surface area contributed by atoms with Gasteiger partial charge in [-0.2, -0.15) is 0 Å². The van der Waals surface area contributed by atoms with Crippen LogP contribution >= 0.6 is 0 Å². The fraction of sp³-hybridized carbons (Fsp3) is 0.368. The van der Waals surface area contributed by atoms with Gasteiger partial charge in [-0.3, -0.25) is 0 Å². The molecular formula is C19H26N2. The summed E-state index contributed by atoms with van der Waals surface area (Å²) in [5, 5.41) is 0. The molecule has 1 atom stereocenters. The number of benzene rings is 2. The lowest BCUT2D eigenvalue weighted by molar-refractivity contribution is 0.644. The summed E-state index contributed by atoms with van der Waals surface area (Å²) in [5.74, 6) is 0. The maximum atomic E-state index is 6.08. The molecule has 21 heavy (non-hydrogen) atoms. The van der Waals surface area contributed by atoms with Gasteiger partial charge in [0, 0.05) is 24.0 Å². The molecule has 0 spiro atoms. The van der Waals surface area contributed by atoms with Crippen LogP contribution in [-0.4, -0.2) is 12.6 Å². The maximum absolute atomic E-state index is 6.08. The van der Waals surface area contributed by atoms with Gasteiger partial charge in [0.1, 0.15) is 0 Å². The molecule has 0 heterocycles. The van der Waals surface area contributed by atoms with E-state index in [-0.39, 0.29) is 6.04 Å². The van der Waals surface area contributed by atoms with Crippen molar-refractivity contribution in [3.05, 3.63) is 59.7 Å². The van der Waals surface area contributed by atoms with Crippen LogP contribution in [0.2, 0.25) is 0 Å². The van der Waals surface area contributed by atoms with Crippen molar-refractivity contribution in [3.63, 3.8) is 0 Å². The van der Waals surface area contributed by atoms with E-state index in [9.17, 15) is 0 Å². The SMILES string of the molecule is CCC(N)Cc1ccc(N(CC)c2ccccc2)cc1C. The van der Waals surface area contributed by atoms with Crippen molar-refractivity contribution in [2.45, 2.75) is 39.7 Å². The van der Waals surface area contributed by atoms with Crippen LogP contribution in [0.1, 0.15) is 31.4 Å². The van der Waals surface area contributed by atoms with Crippen molar-refractivity contribution in [1.82, 2.24) is 0 Å². The van der Waals surface area contributed by atoms with E-state index >= 15 is 0 Å². The minimum absolute atomic E-state index is 0.256. The fourth-order valence-electron chi connectivity index (χ4n) is 2.63. The Hall–Kier alpha value is -1.80. The van der Waals surface area contributed by atoms with Crippen LogP contribution < -0.4 is 10.6 Å². The Balaban J connectivity index is 2.26. The Morgan fingerprint density at radius 1 is 1.00 bits per heavy atom. The highest BCUT2D eigenvalue weighted by Crippen LogP contribution is 2.27. The van der Waals surface area contributed by atoms with Crippen molar-refractivity contribution in [2.24, 2.45) is 5.73 Å². The normalized spacial score (nSPS) is 12.2. The minimum Gasteiger partial charge on any atom is -0.342 e. The second kappa shape index (κ2) is 7.28. The number of anilines is 2. The first kappa shape index (κ1) is 15.6. The molecule has 0 amide bonds. The first-order valence-electron chi connectivity index (χ1n) is 7.83. The summed E-state index contributed by atoms with van der Waals surface area (Å²) < 4.78 is 0. The highest BCUT2D eigenvalue weighted by Gasteiger charge is 2.10. The molecule has 1 unspecified atom stereocenters. The molecule has 0 aliphatic carbocycles. The number of rotatable bonds is 6. The number of nitrogens with two attached hydrogens (primary N) is 1. The summed E-state index contributed by atoms with van der Waals surface area (Å²) in [6.07, 6.45) is 1.98. The van der Waals surface area contributed by atoms with Gasteiger partial charge in [-0.1, -0.05) is 31.2 Å². The lowest BCUT2D eigenvalue weighted by Crippen LogP contribution is -2.22. The zero-order chi connectivity index (χ0) is 15.2. The zero-order valence-corrected chi connectivity index (χ0v) is 13.3. The third-order valence-corrected chi connectivity index (χ3v) is 4.03. The van der Waals surface area contributed by atoms with Crippen LogP contribution in [0.3, 0.4) is 0 Å². The molecule has 2 aromatic carbocycles. The van der Waals surface area contributed by atoms with Gasteiger partial charge in [-0.15, -0.1) is 0 Å². The Bertz CT molecular complexity index is 563. The molecule has 0 saturated carbocycles. The fourth-order valence-corrected chi connectivity index (χ4v) is 2.63. The Kier molecular flexibility index (Phi) is 5.40. The number of para-hydroxylation sites is 1. The van der Waals surface area contributed by atoms with E-state index in [1.165, 1.54) is 22.5 Å². The molecule has 112 valence electrons.